The van der Waals surface area contributed by atoms with Gasteiger partial charge in [-0.2, -0.15) is 13.4 Å². The summed E-state index contributed by atoms with van der Waals surface area (Å²) in [6.07, 6.45) is 2.55. The third-order valence-corrected chi connectivity index (χ3v) is 7.02. The van der Waals surface area contributed by atoms with Crippen LogP contribution < -0.4 is 14.4 Å². The summed E-state index contributed by atoms with van der Waals surface area (Å²) >= 11 is 0. The molecule has 1 aliphatic heterocycles. The average Bonchev–Trinajstić information content (AvgIpc) is 3.10. The van der Waals surface area contributed by atoms with Crippen LogP contribution >= 0.6 is 0 Å². The number of benzene rings is 1. The van der Waals surface area contributed by atoms with E-state index < -0.39 is 15.9 Å². The quantitative estimate of drug-likeness (QED) is 0.549. The van der Waals surface area contributed by atoms with E-state index in [-0.39, 0.29) is 28.6 Å². The van der Waals surface area contributed by atoms with Crippen LogP contribution in [0.4, 0.5) is 5.82 Å². The number of amides is 1. The van der Waals surface area contributed by atoms with Gasteiger partial charge in [-0.05, 0) is 49.9 Å². The number of rotatable bonds is 7. The molecule has 34 heavy (non-hydrogen) atoms. The monoisotopic (exact) mass is 480 g/mol. The fourth-order valence-corrected chi connectivity index (χ4v) is 5.26. The van der Waals surface area contributed by atoms with Crippen LogP contribution in [0.15, 0.2) is 71.9 Å². The molecular formula is C25H28N4O4S. The van der Waals surface area contributed by atoms with E-state index in [9.17, 15) is 13.2 Å². The molecule has 1 amide bonds. The van der Waals surface area contributed by atoms with Gasteiger partial charge in [0.05, 0.1) is 5.56 Å². The molecule has 0 bridgehead atoms. The lowest BCUT2D eigenvalue weighted by Gasteiger charge is -2.33. The minimum absolute atomic E-state index is 0.147. The Bertz CT molecular complexity index is 1280. The third-order valence-electron chi connectivity index (χ3n) is 5.79. The summed E-state index contributed by atoms with van der Waals surface area (Å²) < 4.78 is 33.7. The summed E-state index contributed by atoms with van der Waals surface area (Å²) in [7, 11) is -4.23. The minimum atomic E-state index is -4.23. The molecule has 1 atom stereocenters. The minimum Gasteiger partial charge on any atom is -0.473 e. The number of carbonyl (C=O) groups is 1. The fourth-order valence-electron chi connectivity index (χ4n) is 4.34. The molecule has 0 aliphatic carbocycles. The van der Waals surface area contributed by atoms with Crippen molar-refractivity contribution in [1.29, 1.82) is 0 Å². The Morgan fingerprint density at radius 2 is 1.88 bits per heavy atom. The molecule has 0 spiro atoms. The number of nitrogens with one attached hydrogen (secondary N) is 1. The third kappa shape index (κ3) is 5.20. The maximum atomic E-state index is 13.1. The van der Waals surface area contributed by atoms with Crippen molar-refractivity contribution in [2.24, 2.45) is 5.92 Å². The second-order valence-corrected chi connectivity index (χ2v) is 10.8. The summed E-state index contributed by atoms with van der Waals surface area (Å²) in [5.41, 5.74) is 0.923. The van der Waals surface area contributed by atoms with Gasteiger partial charge in [0.15, 0.2) is 5.03 Å². The second-order valence-electron chi connectivity index (χ2n) is 9.13. The van der Waals surface area contributed by atoms with Crippen LogP contribution in [-0.4, -0.2) is 36.4 Å². The number of sulfonamides is 1. The van der Waals surface area contributed by atoms with Gasteiger partial charge in [0.1, 0.15) is 12.4 Å². The predicted molar refractivity (Wildman–Crippen MR) is 129 cm³/mol. The number of ether oxygens (including phenoxy) is 1. The summed E-state index contributed by atoms with van der Waals surface area (Å²) in [6, 6.07) is 17.1. The molecule has 3 aromatic rings. The van der Waals surface area contributed by atoms with Gasteiger partial charge in [-0.1, -0.05) is 43.3 Å². The zero-order chi connectivity index (χ0) is 24.3. The van der Waals surface area contributed by atoms with Gasteiger partial charge in [0.25, 0.3) is 15.9 Å². The molecule has 8 nitrogen and oxygen atoms in total. The van der Waals surface area contributed by atoms with Crippen molar-refractivity contribution < 1.29 is 17.9 Å². The molecule has 0 radical (unpaired) electrons. The van der Waals surface area contributed by atoms with Crippen molar-refractivity contribution in [3.8, 4) is 5.88 Å². The molecule has 1 fully saturated rings. The maximum Gasteiger partial charge on any atom is 0.281 e. The summed E-state index contributed by atoms with van der Waals surface area (Å²) in [5, 5.41) is -0.299. The van der Waals surface area contributed by atoms with Gasteiger partial charge in [-0.15, -0.1) is 0 Å². The van der Waals surface area contributed by atoms with E-state index in [4.69, 9.17) is 4.74 Å². The number of hydrogen-bond donors (Lipinski definition) is 1. The van der Waals surface area contributed by atoms with Gasteiger partial charge in [-0.25, -0.2) is 9.71 Å². The van der Waals surface area contributed by atoms with Crippen LogP contribution in [0.1, 0.15) is 43.1 Å². The highest BCUT2D eigenvalue weighted by molar-refractivity contribution is 7.90. The lowest BCUT2D eigenvalue weighted by molar-refractivity contribution is 0.0981. The summed E-state index contributed by atoms with van der Waals surface area (Å²) in [6.45, 7) is 7.31. The number of carbonyl (C=O) groups excluding carboxylic acids is 1. The zero-order valence-electron chi connectivity index (χ0n) is 19.4. The summed E-state index contributed by atoms with van der Waals surface area (Å²) in [4.78, 5) is 23.7. The molecular weight excluding hydrogens is 452 g/mol. The Labute approximate surface area is 200 Å². The van der Waals surface area contributed by atoms with E-state index in [0.717, 1.165) is 18.5 Å². The molecule has 4 rings (SSSR count). The number of nitrogens with zero attached hydrogens (tertiary/aromatic N) is 3. The number of hydrogen-bond acceptors (Lipinski definition) is 7. The number of aromatic nitrogens is 2. The first-order valence-electron chi connectivity index (χ1n) is 11.1. The Morgan fingerprint density at radius 3 is 2.59 bits per heavy atom. The zero-order valence-corrected chi connectivity index (χ0v) is 20.2. The first-order valence-corrected chi connectivity index (χ1v) is 12.6. The molecule has 178 valence electrons. The first kappa shape index (κ1) is 23.7. The number of anilines is 1. The smallest absolute Gasteiger partial charge is 0.281 e. The lowest BCUT2D eigenvalue weighted by Crippen LogP contribution is -2.41. The molecule has 1 saturated heterocycles. The summed E-state index contributed by atoms with van der Waals surface area (Å²) in [5.74, 6) is 0.293. The van der Waals surface area contributed by atoms with Crippen LogP contribution in [0.5, 0.6) is 5.88 Å². The van der Waals surface area contributed by atoms with Crippen LogP contribution in [0.25, 0.3) is 0 Å². The molecule has 0 saturated carbocycles. The van der Waals surface area contributed by atoms with E-state index in [1.54, 1.807) is 24.4 Å². The largest absolute Gasteiger partial charge is 0.473 e. The van der Waals surface area contributed by atoms with E-state index >= 15 is 0 Å². The van der Waals surface area contributed by atoms with Crippen molar-refractivity contribution in [3.05, 3.63) is 78.0 Å². The van der Waals surface area contributed by atoms with Crippen LogP contribution in [-0.2, 0) is 16.6 Å². The molecule has 1 unspecified atom stereocenters. The Balaban J connectivity index is 1.53. The van der Waals surface area contributed by atoms with Crippen LogP contribution in [0, 0.1) is 5.92 Å². The molecule has 9 heteroatoms. The van der Waals surface area contributed by atoms with Gasteiger partial charge >= 0.3 is 0 Å². The highest BCUT2D eigenvalue weighted by atomic mass is 32.2. The normalized spacial score (nSPS) is 17.4. The second kappa shape index (κ2) is 9.42. The first-order chi connectivity index (χ1) is 16.2. The van der Waals surface area contributed by atoms with Gasteiger partial charge in [-0.3, -0.25) is 4.79 Å². The predicted octanol–water partition coefficient (Wildman–Crippen LogP) is 3.80. The SMILES string of the molecule is CC1CN(c2ncccc2C(=O)NS(=O)(=O)c2cccc(OCc3ccccc3)n2)C(C)(C)C1. The lowest BCUT2D eigenvalue weighted by atomic mass is 9.97. The van der Waals surface area contributed by atoms with Crippen molar-refractivity contribution in [3.63, 3.8) is 0 Å². The van der Waals surface area contributed by atoms with Crippen molar-refractivity contribution in [1.82, 2.24) is 14.7 Å². The van der Waals surface area contributed by atoms with E-state index in [1.165, 1.54) is 12.1 Å². The molecule has 2 aromatic heterocycles. The number of pyridine rings is 2. The molecule has 1 aromatic carbocycles. The molecule has 1 aliphatic rings. The van der Waals surface area contributed by atoms with Crippen molar-refractivity contribution in [2.75, 3.05) is 11.4 Å². The van der Waals surface area contributed by atoms with E-state index in [2.05, 4.69) is 40.4 Å². The maximum absolute atomic E-state index is 13.1. The Kier molecular flexibility index (Phi) is 6.56. The van der Waals surface area contributed by atoms with E-state index in [0.29, 0.717) is 11.7 Å². The van der Waals surface area contributed by atoms with Gasteiger partial charge in [0, 0.05) is 24.3 Å². The highest BCUT2D eigenvalue weighted by Gasteiger charge is 2.39. The highest BCUT2D eigenvalue weighted by Crippen LogP contribution is 2.37. The Hall–Kier alpha value is -3.46. The molecule has 3 heterocycles. The Morgan fingerprint density at radius 1 is 1.12 bits per heavy atom. The molecule has 1 N–H and O–H groups in total. The van der Waals surface area contributed by atoms with Gasteiger partial charge < -0.3 is 9.64 Å². The standard InChI is InChI=1S/C25H28N4O4S/c1-18-15-25(2,3)29(16-18)23-20(11-8-14-26-23)24(30)28-34(31,32)22-13-7-12-21(27-22)33-17-19-9-5-4-6-10-19/h4-14,18H,15-17H2,1-3H3,(H,28,30). The van der Waals surface area contributed by atoms with Crippen molar-refractivity contribution in [2.45, 2.75) is 44.4 Å². The van der Waals surface area contributed by atoms with Crippen LogP contribution in [0.2, 0.25) is 0 Å². The van der Waals surface area contributed by atoms with Gasteiger partial charge in [0.2, 0.25) is 5.88 Å². The van der Waals surface area contributed by atoms with Crippen molar-refractivity contribution >= 4 is 21.7 Å². The van der Waals surface area contributed by atoms with E-state index in [1.807, 2.05) is 30.3 Å². The van der Waals surface area contributed by atoms with Crippen LogP contribution in [0.3, 0.4) is 0 Å². The fraction of sp³-hybridized carbons (Fsp3) is 0.320. The topological polar surface area (TPSA) is 101 Å². The average molecular weight is 481 g/mol.